The van der Waals surface area contributed by atoms with Crippen LogP contribution in [-0.2, 0) is 0 Å². The van der Waals surface area contributed by atoms with Gasteiger partial charge in [-0.15, -0.1) is 0 Å². The average molecular weight is 306 g/mol. The van der Waals surface area contributed by atoms with E-state index < -0.39 is 0 Å². The molecule has 1 saturated carbocycles. The second kappa shape index (κ2) is 7.78. The largest absolute Gasteiger partial charge is 0.360 e. The molecule has 22 heavy (non-hydrogen) atoms. The zero-order chi connectivity index (χ0) is 15.4. The van der Waals surface area contributed by atoms with E-state index in [1.165, 1.54) is 77.7 Å². The fourth-order valence-corrected chi connectivity index (χ4v) is 4.39. The molecule has 0 aromatic carbocycles. The van der Waals surface area contributed by atoms with Crippen LogP contribution in [-0.4, -0.2) is 73.4 Å². The zero-order valence-corrected chi connectivity index (χ0v) is 14.4. The van der Waals surface area contributed by atoms with Gasteiger partial charge in [0.05, 0.1) is 5.84 Å². The number of nitrogens with zero attached hydrogens (tertiary/aromatic N) is 3. The molecule has 0 radical (unpaired) electrons. The molecule has 2 saturated heterocycles. The Labute approximate surface area is 136 Å². The summed E-state index contributed by atoms with van der Waals surface area (Å²) >= 11 is 0. The molecule has 2 aliphatic heterocycles. The lowest BCUT2D eigenvalue weighted by atomic mass is 9.87. The maximum atomic E-state index is 8.53. The van der Waals surface area contributed by atoms with E-state index in [2.05, 4.69) is 21.7 Å². The van der Waals surface area contributed by atoms with E-state index in [9.17, 15) is 0 Å². The second-order valence-corrected chi connectivity index (χ2v) is 7.75. The van der Waals surface area contributed by atoms with E-state index >= 15 is 0 Å². The minimum atomic E-state index is 0.572. The average Bonchev–Trinajstić information content (AvgIpc) is 2.58. The molecule has 2 heterocycles. The topological polar surface area (TPSA) is 33.6 Å². The summed E-state index contributed by atoms with van der Waals surface area (Å²) in [4.78, 5) is 7.49. The Balaban J connectivity index is 1.39. The van der Waals surface area contributed by atoms with E-state index in [1.807, 2.05) is 0 Å². The molecular formula is C18H34N4. The summed E-state index contributed by atoms with van der Waals surface area (Å²) in [6.07, 6.45) is 9.18. The van der Waals surface area contributed by atoms with Gasteiger partial charge in [-0.3, -0.25) is 5.41 Å². The van der Waals surface area contributed by atoms with Crippen LogP contribution in [0.25, 0.3) is 0 Å². The van der Waals surface area contributed by atoms with Crippen molar-refractivity contribution in [3.05, 3.63) is 0 Å². The van der Waals surface area contributed by atoms with Gasteiger partial charge in [-0.25, -0.2) is 0 Å². The van der Waals surface area contributed by atoms with E-state index in [4.69, 9.17) is 5.41 Å². The Morgan fingerprint density at radius 1 is 0.864 bits per heavy atom. The lowest BCUT2D eigenvalue weighted by molar-refractivity contribution is 0.118. The standard InChI is InChI=1S/C18H34N4/c1-20-11-13-21(14-12-20)15-16-7-9-22(10-8-16)18(19)17-5-3-2-4-6-17/h16-17,19H,2-15H2,1H3. The maximum Gasteiger partial charge on any atom is 0.0989 e. The van der Waals surface area contributed by atoms with E-state index in [-0.39, 0.29) is 0 Å². The molecule has 0 aromatic rings. The van der Waals surface area contributed by atoms with Crippen LogP contribution in [0.4, 0.5) is 0 Å². The van der Waals surface area contributed by atoms with Gasteiger partial charge in [0.2, 0.25) is 0 Å². The predicted octanol–water partition coefficient (Wildman–Crippen LogP) is 2.50. The Morgan fingerprint density at radius 3 is 2.14 bits per heavy atom. The summed E-state index contributed by atoms with van der Waals surface area (Å²) in [6.45, 7) is 8.50. The van der Waals surface area contributed by atoms with Gasteiger partial charge >= 0.3 is 0 Å². The number of likely N-dealkylation sites (N-methyl/N-ethyl adjacent to an activating group) is 1. The highest BCUT2D eigenvalue weighted by Crippen LogP contribution is 2.28. The molecule has 4 heteroatoms. The van der Waals surface area contributed by atoms with Crippen LogP contribution >= 0.6 is 0 Å². The van der Waals surface area contributed by atoms with E-state index in [0.717, 1.165) is 24.8 Å². The molecule has 4 nitrogen and oxygen atoms in total. The van der Waals surface area contributed by atoms with Crippen molar-refractivity contribution in [2.75, 3.05) is 52.9 Å². The van der Waals surface area contributed by atoms with Crippen molar-refractivity contribution < 1.29 is 0 Å². The fourth-order valence-electron chi connectivity index (χ4n) is 4.39. The summed E-state index contributed by atoms with van der Waals surface area (Å²) in [6, 6.07) is 0. The van der Waals surface area contributed by atoms with Crippen molar-refractivity contribution in [1.29, 1.82) is 5.41 Å². The quantitative estimate of drug-likeness (QED) is 0.642. The number of hydrogen-bond acceptors (Lipinski definition) is 3. The van der Waals surface area contributed by atoms with Gasteiger partial charge in [-0.05, 0) is 38.6 Å². The first-order chi connectivity index (χ1) is 10.7. The van der Waals surface area contributed by atoms with Crippen LogP contribution in [0.3, 0.4) is 0 Å². The molecule has 1 aliphatic carbocycles. The monoisotopic (exact) mass is 306 g/mol. The molecule has 0 unspecified atom stereocenters. The van der Waals surface area contributed by atoms with Crippen molar-refractivity contribution in [2.24, 2.45) is 11.8 Å². The Kier molecular flexibility index (Phi) is 5.75. The summed E-state index contributed by atoms with van der Waals surface area (Å²) in [5, 5.41) is 8.53. The summed E-state index contributed by atoms with van der Waals surface area (Å²) < 4.78 is 0. The number of piperidine rings is 1. The fraction of sp³-hybridized carbons (Fsp3) is 0.944. The molecule has 1 N–H and O–H groups in total. The van der Waals surface area contributed by atoms with Gasteiger partial charge in [0.1, 0.15) is 0 Å². The minimum Gasteiger partial charge on any atom is -0.360 e. The maximum absolute atomic E-state index is 8.53. The highest BCUT2D eigenvalue weighted by molar-refractivity contribution is 5.81. The molecule has 0 amide bonds. The van der Waals surface area contributed by atoms with Crippen LogP contribution < -0.4 is 0 Å². The number of rotatable bonds is 3. The predicted molar refractivity (Wildman–Crippen MR) is 92.5 cm³/mol. The van der Waals surface area contributed by atoms with Crippen molar-refractivity contribution in [3.8, 4) is 0 Å². The highest BCUT2D eigenvalue weighted by Gasteiger charge is 2.27. The molecule has 0 spiro atoms. The highest BCUT2D eigenvalue weighted by atomic mass is 15.2. The van der Waals surface area contributed by atoms with Crippen LogP contribution in [0.5, 0.6) is 0 Å². The summed E-state index contributed by atoms with van der Waals surface area (Å²) in [5.41, 5.74) is 0. The van der Waals surface area contributed by atoms with Crippen molar-refractivity contribution in [2.45, 2.75) is 44.9 Å². The molecule has 126 valence electrons. The molecule has 0 atom stereocenters. The Morgan fingerprint density at radius 2 is 1.50 bits per heavy atom. The van der Waals surface area contributed by atoms with Gasteiger partial charge in [0.15, 0.2) is 0 Å². The summed E-state index contributed by atoms with van der Waals surface area (Å²) in [7, 11) is 2.23. The lowest BCUT2D eigenvalue weighted by Gasteiger charge is -2.40. The molecule has 0 bridgehead atoms. The Bertz CT molecular complexity index is 348. The van der Waals surface area contributed by atoms with Crippen LogP contribution in [0.15, 0.2) is 0 Å². The lowest BCUT2D eigenvalue weighted by Crippen LogP contribution is -2.48. The first kappa shape index (κ1) is 16.3. The zero-order valence-electron chi connectivity index (χ0n) is 14.4. The van der Waals surface area contributed by atoms with Crippen molar-refractivity contribution in [3.63, 3.8) is 0 Å². The van der Waals surface area contributed by atoms with Gasteiger partial charge in [-0.2, -0.15) is 0 Å². The van der Waals surface area contributed by atoms with E-state index in [0.29, 0.717) is 5.92 Å². The van der Waals surface area contributed by atoms with Crippen molar-refractivity contribution in [1.82, 2.24) is 14.7 Å². The van der Waals surface area contributed by atoms with Crippen LogP contribution in [0.2, 0.25) is 0 Å². The third kappa shape index (κ3) is 4.23. The normalized spacial score (nSPS) is 27.2. The van der Waals surface area contributed by atoms with Crippen LogP contribution in [0.1, 0.15) is 44.9 Å². The molecule has 3 fully saturated rings. The van der Waals surface area contributed by atoms with Gasteiger partial charge < -0.3 is 14.7 Å². The SMILES string of the molecule is CN1CCN(CC2CCN(C(=N)C3CCCCC3)CC2)CC1. The third-order valence-electron chi connectivity index (χ3n) is 6.06. The minimum absolute atomic E-state index is 0.572. The number of hydrogen-bond donors (Lipinski definition) is 1. The van der Waals surface area contributed by atoms with Crippen molar-refractivity contribution >= 4 is 5.84 Å². The first-order valence-electron chi connectivity index (χ1n) is 9.46. The molecule has 3 aliphatic rings. The summed E-state index contributed by atoms with van der Waals surface area (Å²) in [5.74, 6) is 2.40. The first-order valence-corrected chi connectivity index (χ1v) is 9.46. The Hall–Kier alpha value is -0.610. The molecule has 3 rings (SSSR count). The van der Waals surface area contributed by atoms with Gasteiger partial charge in [-0.1, -0.05) is 19.3 Å². The smallest absolute Gasteiger partial charge is 0.0989 e. The van der Waals surface area contributed by atoms with E-state index in [1.54, 1.807) is 0 Å². The molecular weight excluding hydrogens is 272 g/mol. The number of amidine groups is 1. The molecule has 0 aromatic heterocycles. The van der Waals surface area contributed by atoms with Gasteiger partial charge in [0, 0.05) is 51.7 Å². The second-order valence-electron chi connectivity index (χ2n) is 7.75. The van der Waals surface area contributed by atoms with Crippen LogP contribution in [0, 0.1) is 17.2 Å². The number of likely N-dealkylation sites (tertiary alicyclic amines) is 1. The third-order valence-corrected chi connectivity index (χ3v) is 6.06. The number of piperazine rings is 1. The van der Waals surface area contributed by atoms with Gasteiger partial charge in [0.25, 0.3) is 0 Å². The number of nitrogens with one attached hydrogen (secondary N) is 1.